The highest BCUT2D eigenvalue weighted by atomic mass is 28.3. The number of aromatic nitrogens is 5. The van der Waals surface area contributed by atoms with Gasteiger partial charge in [-0.2, -0.15) is 0 Å². The molecule has 12 heteroatoms. The van der Waals surface area contributed by atoms with Gasteiger partial charge in [-0.05, 0) is 58.4 Å². The second-order valence-electron chi connectivity index (χ2n) is 12.4. The molecule has 0 aromatic carbocycles. The van der Waals surface area contributed by atoms with Crippen molar-refractivity contribution in [2.75, 3.05) is 13.2 Å². The van der Waals surface area contributed by atoms with Crippen LogP contribution in [-0.2, 0) is 16.2 Å². The van der Waals surface area contributed by atoms with E-state index in [9.17, 15) is 9.59 Å². The summed E-state index contributed by atoms with van der Waals surface area (Å²) in [7, 11) is -1.20. The van der Waals surface area contributed by atoms with Gasteiger partial charge in [-0.3, -0.25) is 9.20 Å². The number of fused-ring (bicyclic) bond motifs is 3. The number of hydrogen-bond acceptors (Lipinski definition) is 7. The zero-order chi connectivity index (χ0) is 27.5. The van der Waals surface area contributed by atoms with Crippen LogP contribution in [0.3, 0.4) is 0 Å². The molecule has 0 saturated heterocycles. The van der Waals surface area contributed by atoms with Gasteiger partial charge in [-0.15, -0.1) is 10.2 Å². The molecule has 1 fully saturated rings. The van der Waals surface area contributed by atoms with E-state index in [2.05, 4.69) is 45.5 Å². The molecule has 3 aromatic heterocycles. The minimum Gasteiger partial charge on any atom is -0.444 e. The van der Waals surface area contributed by atoms with E-state index in [0.717, 1.165) is 31.7 Å². The fourth-order valence-electron chi connectivity index (χ4n) is 4.65. The highest BCUT2D eigenvalue weighted by molar-refractivity contribution is 6.76. The maximum atomic E-state index is 13.5. The molecule has 38 heavy (non-hydrogen) atoms. The summed E-state index contributed by atoms with van der Waals surface area (Å²) >= 11 is 0. The topological polar surface area (TPSA) is 125 Å². The molecule has 0 bridgehead atoms. The minimum absolute atomic E-state index is 0.0692. The van der Waals surface area contributed by atoms with Crippen molar-refractivity contribution in [2.45, 2.75) is 90.5 Å². The van der Waals surface area contributed by atoms with E-state index in [0.29, 0.717) is 48.2 Å². The Labute approximate surface area is 224 Å². The summed E-state index contributed by atoms with van der Waals surface area (Å²) in [6.45, 7) is 14.1. The van der Waals surface area contributed by atoms with Crippen molar-refractivity contribution in [1.82, 2.24) is 34.8 Å². The summed E-state index contributed by atoms with van der Waals surface area (Å²) in [6, 6.07) is 1.14. The van der Waals surface area contributed by atoms with Crippen molar-refractivity contribution < 1.29 is 19.1 Å². The zero-order valence-corrected chi connectivity index (χ0v) is 24.4. The highest BCUT2D eigenvalue weighted by Gasteiger charge is 2.26. The van der Waals surface area contributed by atoms with E-state index in [4.69, 9.17) is 9.47 Å². The predicted molar refractivity (Wildman–Crippen MR) is 148 cm³/mol. The Morgan fingerprint density at radius 3 is 2.58 bits per heavy atom. The number of rotatable bonds is 9. The summed E-state index contributed by atoms with van der Waals surface area (Å²) in [6.07, 6.45) is 8.24. The normalized spacial score (nSPS) is 18.6. The van der Waals surface area contributed by atoms with E-state index in [1.165, 1.54) is 0 Å². The molecule has 3 heterocycles. The van der Waals surface area contributed by atoms with Crippen molar-refractivity contribution >= 4 is 36.9 Å². The lowest BCUT2D eigenvalue weighted by Gasteiger charge is -2.29. The summed E-state index contributed by atoms with van der Waals surface area (Å²) in [5.41, 5.74) is 1.94. The second kappa shape index (κ2) is 11.4. The molecule has 1 aliphatic carbocycles. The molecule has 3 aromatic rings. The largest absolute Gasteiger partial charge is 0.444 e. The summed E-state index contributed by atoms with van der Waals surface area (Å²) in [5, 5.41) is 14.2. The first-order chi connectivity index (χ1) is 17.9. The Kier molecular flexibility index (Phi) is 8.41. The van der Waals surface area contributed by atoms with Crippen LogP contribution in [0.25, 0.3) is 16.8 Å². The molecule has 0 spiro atoms. The lowest BCUT2D eigenvalue weighted by Crippen LogP contribution is -2.40. The Bertz CT molecular complexity index is 1270. The molecule has 2 N–H and O–H groups in total. The second-order valence-corrected chi connectivity index (χ2v) is 18.0. The molecular formula is C26H41N7O4Si. The number of amides is 2. The highest BCUT2D eigenvalue weighted by Crippen LogP contribution is 2.26. The molecule has 0 unspecified atom stereocenters. The maximum absolute atomic E-state index is 13.5. The van der Waals surface area contributed by atoms with Crippen molar-refractivity contribution in [3.8, 4) is 0 Å². The van der Waals surface area contributed by atoms with Crippen LogP contribution in [0.1, 0.15) is 56.8 Å². The number of ether oxygens (including phenoxy) is 2. The lowest BCUT2D eigenvalue weighted by atomic mass is 9.86. The molecule has 0 aliphatic heterocycles. The van der Waals surface area contributed by atoms with Gasteiger partial charge < -0.3 is 24.7 Å². The third kappa shape index (κ3) is 7.31. The van der Waals surface area contributed by atoms with Crippen LogP contribution in [-0.4, -0.2) is 69.0 Å². The molecule has 1 aliphatic rings. The van der Waals surface area contributed by atoms with Crippen LogP contribution < -0.4 is 10.6 Å². The molecule has 208 valence electrons. The van der Waals surface area contributed by atoms with Gasteiger partial charge in [0.1, 0.15) is 24.2 Å². The summed E-state index contributed by atoms with van der Waals surface area (Å²) in [4.78, 5) is 30.0. The molecule has 4 rings (SSSR count). The van der Waals surface area contributed by atoms with Gasteiger partial charge in [0.15, 0.2) is 11.3 Å². The monoisotopic (exact) mass is 543 g/mol. The number of nitrogens with zero attached hydrogens (tertiary/aromatic N) is 5. The van der Waals surface area contributed by atoms with Crippen LogP contribution in [0.5, 0.6) is 0 Å². The van der Waals surface area contributed by atoms with Gasteiger partial charge in [0.25, 0.3) is 5.91 Å². The van der Waals surface area contributed by atoms with Crippen LogP contribution >= 0.6 is 0 Å². The third-order valence-corrected chi connectivity index (χ3v) is 8.43. The maximum Gasteiger partial charge on any atom is 0.407 e. The van der Waals surface area contributed by atoms with Crippen LogP contribution in [0.2, 0.25) is 25.7 Å². The number of alkyl carbamates (subject to hydrolysis) is 1. The fourth-order valence-corrected chi connectivity index (χ4v) is 5.41. The fraction of sp³-hybridized carbons (Fsp3) is 0.654. The summed E-state index contributed by atoms with van der Waals surface area (Å²) < 4.78 is 15.0. The van der Waals surface area contributed by atoms with Crippen molar-refractivity contribution in [3.05, 3.63) is 24.3 Å². The lowest BCUT2D eigenvalue weighted by molar-refractivity contribution is 0.0514. The summed E-state index contributed by atoms with van der Waals surface area (Å²) in [5.74, 6) is 0.223. The van der Waals surface area contributed by atoms with Gasteiger partial charge in [-0.25, -0.2) is 9.78 Å². The number of carbonyl (C=O) groups is 2. The number of nitrogens with one attached hydrogen (secondary N) is 2. The van der Waals surface area contributed by atoms with E-state index in [-0.39, 0.29) is 18.0 Å². The molecule has 0 radical (unpaired) electrons. The van der Waals surface area contributed by atoms with E-state index in [1.807, 2.05) is 31.5 Å². The quantitative estimate of drug-likeness (QED) is 0.306. The average Bonchev–Trinajstić information content (AvgIpc) is 3.44. The predicted octanol–water partition coefficient (Wildman–Crippen LogP) is 4.20. The van der Waals surface area contributed by atoms with Crippen molar-refractivity contribution in [2.24, 2.45) is 5.92 Å². The van der Waals surface area contributed by atoms with Crippen LogP contribution in [0, 0.1) is 5.92 Å². The van der Waals surface area contributed by atoms with E-state index >= 15 is 0 Å². The van der Waals surface area contributed by atoms with E-state index < -0.39 is 13.7 Å². The van der Waals surface area contributed by atoms with Gasteiger partial charge in [0.05, 0.1) is 11.8 Å². The van der Waals surface area contributed by atoms with Gasteiger partial charge in [0, 0.05) is 33.5 Å². The standard InChI is InChI=1S/C26H41N7O4Si/c1-26(2,3)37-25(35)28-13-18-7-9-19(10-8-18)30-24(34)20-15-32(17-36-11-12-38(4,5)6)23-22(20)33-16-29-31-21(33)14-27-23/h14-16,18-19H,7-13,17H2,1-6H3,(H,28,35)(H,30,34). The molecule has 1 saturated carbocycles. The first-order valence-electron chi connectivity index (χ1n) is 13.4. The minimum atomic E-state index is -1.20. The van der Waals surface area contributed by atoms with Crippen molar-refractivity contribution in [3.63, 3.8) is 0 Å². The Balaban J connectivity index is 1.39. The van der Waals surface area contributed by atoms with E-state index in [1.54, 1.807) is 16.9 Å². The third-order valence-electron chi connectivity index (χ3n) is 6.73. The zero-order valence-electron chi connectivity index (χ0n) is 23.4. The molecule has 11 nitrogen and oxygen atoms in total. The molecule has 2 amide bonds. The van der Waals surface area contributed by atoms with Gasteiger partial charge in [0.2, 0.25) is 0 Å². The average molecular weight is 544 g/mol. The Hall–Kier alpha value is -2.99. The molecular weight excluding hydrogens is 502 g/mol. The van der Waals surface area contributed by atoms with Gasteiger partial charge in [-0.1, -0.05) is 19.6 Å². The SMILES string of the molecule is CC(C)(C)OC(=O)NCC1CCC(NC(=O)c2cn(COCC[Si](C)(C)C)c3ncc4nncn4c23)CC1. The number of carbonyl (C=O) groups excluding carboxylic acids is 2. The van der Waals surface area contributed by atoms with Crippen molar-refractivity contribution in [1.29, 1.82) is 0 Å². The first-order valence-corrected chi connectivity index (χ1v) is 17.1. The number of hydrogen-bond donors (Lipinski definition) is 2. The molecule has 0 atom stereocenters. The first kappa shape index (κ1) is 28.0. The van der Waals surface area contributed by atoms with Crippen LogP contribution in [0.15, 0.2) is 18.7 Å². The van der Waals surface area contributed by atoms with Gasteiger partial charge >= 0.3 is 6.09 Å². The Morgan fingerprint density at radius 2 is 1.89 bits per heavy atom. The van der Waals surface area contributed by atoms with Crippen LogP contribution in [0.4, 0.5) is 4.79 Å². The smallest absolute Gasteiger partial charge is 0.407 e. The Morgan fingerprint density at radius 1 is 1.16 bits per heavy atom.